The molecule has 0 radical (unpaired) electrons. The van der Waals surface area contributed by atoms with E-state index in [-0.39, 0.29) is 5.04 Å². The molecule has 0 aliphatic carbocycles. The Morgan fingerprint density at radius 2 is 1.39 bits per heavy atom. The zero-order valence-electron chi connectivity index (χ0n) is 15.8. The molecule has 138 valence electrons. The van der Waals surface area contributed by atoms with Gasteiger partial charge in [0.1, 0.15) is 0 Å². The van der Waals surface area contributed by atoms with Gasteiger partial charge in [-0.15, -0.1) is 0 Å². The van der Waals surface area contributed by atoms with Gasteiger partial charge in [0.25, 0.3) is 0 Å². The summed E-state index contributed by atoms with van der Waals surface area (Å²) in [6.07, 6.45) is 2.62. The highest BCUT2D eigenvalue weighted by Gasteiger charge is 2.36. The third-order valence-corrected chi connectivity index (χ3v) is 9.27. The van der Waals surface area contributed by atoms with Crippen LogP contribution < -0.4 is 5.32 Å². The fraction of sp³-hybridized carbons (Fsp3) is 1.00. The van der Waals surface area contributed by atoms with Gasteiger partial charge in [-0.3, -0.25) is 0 Å². The van der Waals surface area contributed by atoms with Crippen molar-refractivity contribution in [2.75, 3.05) is 52.7 Å². The Kier molecular flexibility index (Phi) is 9.88. The van der Waals surface area contributed by atoms with Gasteiger partial charge in [0.2, 0.25) is 0 Å². The fourth-order valence-electron chi connectivity index (χ4n) is 2.13. The summed E-state index contributed by atoms with van der Waals surface area (Å²) in [5.74, 6) is 0. The molecule has 1 N–H and O–H groups in total. The van der Waals surface area contributed by atoms with Crippen LogP contribution in [-0.4, -0.2) is 67.2 Å². The number of ether oxygens (including phenoxy) is 3. The predicted octanol–water partition coefficient (Wildman–Crippen LogP) is 2.81. The van der Waals surface area contributed by atoms with Gasteiger partial charge in [-0.05, 0) is 44.1 Å². The lowest BCUT2D eigenvalue weighted by molar-refractivity contribution is -0.0217. The lowest BCUT2D eigenvalue weighted by atomic mass is 10.1. The quantitative estimate of drug-likeness (QED) is 0.460. The molecular weight excluding hydrogens is 310 g/mol. The van der Waals surface area contributed by atoms with E-state index in [4.69, 9.17) is 18.6 Å². The van der Waals surface area contributed by atoms with E-state index in [0.29, 0.717) is 45.7 Å². The molecule has 0 amide bonds. The summed E-state index contributed by atoms with van der Waals surface area (Å²) in [4.78, 5) is 0. The SMILES string of the molecule is CC(C)(C)[Si](C)(C)OCCOCCOCCOC1CCNCC1. The van der Waals surface area contributed by atoms with E-state index in [1.807, 2.05) is 0 Å². The van der Waals surface area contributed by atoms with Crippen molar-refractivity contribution in [2.45, 2.75) is 57.8 Å². The summed E-state index contributed by atoms with van der Waals surface area (Å²) < 4.78 is 22.9. The molecule has 0 aromatic heterocycles. The highest BCUT2D eigenvalue weighted by molar-refractivity contribution is 6.74. The number of hydrogen-bond donors (Lipinski definition) is 1. The summed E-state index contributed by atoms with van der Waals surface area (Å²) in [5, 5.41) is 3.59. The van der Waals surface area contributed by atoms with Crippen LogP contribution in [0.1, 0.15) is 33.6 Å². The summed E-state index contributed by atoms with van der Waals surface area (Å²) in [5.41, 5.74) is 0. The maximum absolute atomic E-state index is 6.05. The minimum absolute atomic E-state index is 0.254. The Balaban J connectivity index is 1.86. The molecular formula is C17H37NO4Si. The van der Waals surface area contributed by atoms with Gasteiger partial charge in [0, 0.05) is 0 Å². The first-order chi connectivity index (χ1) is 10.8. The molecule has 0 atom stereocenters. The first-order valence-corrected chi connectivity index (χ1v) is 11.9. The molecule has 1 saturated heterocycles. The van der Waals surface area contributed by atoms with Crippen molar-refractivity contribution in [2.24, 2.45) is 0 Å². The van der Waals surface area contributed by atoms with Crippen LogP contribution in [0.2, 0.25) is 18.1 Å². The molecule has 0 unspecified atom stereocenters. The van der Waals surface area contributed by atoms with Crippen LogP contribution in [0.5, 0.6) is 0 Å². The molecule has 1 fully saturated rings. The third kappa shape index (κ3) is 9.17. The normalized spacial score (nSPS) is 17.6. The van der Waals surface area contributed by atoms with E-state index in [0.717, 1.165) is 25.9 Å². The van der Waals surface area contributed by atoms with Gasteiger partial charge in [0.15, 0.2) is 8.32 Å². The first-order valence-electron chi connectivity index (χ1n) is 8.95. The van der Waals surface area contributed by atoms with Gasteiger partial charge in [-0.25, -0.2) is 0 Å². The second-order valence-electron chi connectivity index (χ2n) is 7.65. The van der Waals surface area contributed by atoms with Crippen LogP contribution in [0.3, 0.4) is 0 Å². The van der Waals surface area contributed by atoms with Crippen molar-refractivity contribution < 1.29 is 18.6 Å². The molecule has 0 aromatic carbocycles. The molecule has 0 aromatic rings. The minimum Gasteiger partial charge on any atom is -0.414 e. The average Bonchev–Trinajstić information content (AvgIpc) is 2.49. The number of rotatable bonds is 11. The Bertz CT molecular complexity index is 301. The summed E-state index contributed by atoms with van der Waals surface area (Å²) >= 11 is 0. The van der Waals surface area contributed by atoms with Crippen molar-refractivity contribution in [3.63, 3.8) is 0 Å². The van der Waals surface area contributed by atoms with Crippen molar-refractivity contribution >= 4 is 8.32 Å². The highest BCUT2D eigenvalue weighted by Crippen LogP contribution is 2.36. The molecule has 0 spiro atoms. The van der Waals surface area contributed by atoms with Gasteiger partial charge in [-0.1, -0.05) is 20.8 Å². The van der Waals surface area contributed by atoms with E-state index in [1.165, 1.54) is 0 Å². The highest BCUT2D eigenvalue weighted by atomic mass is 28.4. The Labute approximate surface area is 143 Å². The summed E-state index contributed by atoms with van der Waals surface area (Å²) in [6.45, 7) is 17.3. The third-order valence-electron chi connectivity index (χ3n) is 4.74. The second kappa shape index (κ2) is 10.8. The predicted molar refractivity (Wildman–Crippen MR) is 96.6 cm³/mol. The van der Waals surface area contributed by atoms with Crippen LogP contribution in [0.4, 0.5) is 0 Å². The Morgan fingerprint density at radius 3 is 1.96 bits per heavy atom. The van der Waals surface area contributed by atoms with Gasteiger partial charge in [-0.2, -0.15) is 0 Å². The molecule has 1 aliphatic rings. The van der Waals surface area contributed by atoms with E-state index >= 15 is 0 Å². The molecule has 5 nitrogen and oxygen atoms in total. The monoisotopic (exact) mass is 347 g/mol. The second-order valence-corrected chi connectivity index (χ2v) is 12.5. The largest absolute Gasteiger partial charge is 0.414 e. The zero-order chi connectivity index (χ0) is 17.2. The molecule has 1 heterocycles. The fourth-order valence-corrected chi connectivity index (χ4v) is 3.16. The number of piperidine rings is 1. The maximum Gasteiger partial charge on any atom is 0.192 e. The smallest absolute Gasteiger partial charge is 0.192 e. The maximum atomic E-state index is 6.05. The first kappa shape index (κ1) is 21.1. The minimum atomic E-state index is -1.64. The van der Waals surface area contributed by atoms with Crippen LogP contribution in [0.25, 0.3) is 0 Å². The Morgan fingerprint density at radius 1 is 0.870 bits per heavy atom. The summed E-state index contributed by atoms with van der Waals surface area (Å²) in [7, 11) is -1.64. The average molecular weight is 348 g/mol. The number of hydrogen-bond acceptors (Lipinski definition) is 5. The lowest BCUT2D eigenvalue weighted by Gasteiger charge is -2.36. The van der Waals surface area contributed by atoms with Gasteiger partial charge < -0.3 is 24.0 Å². The van der Waals surface area contributed by atoms with Crippen molar-refractivity contribution in [3.8, 4) is 0 Å². The van der Waals surface area contributed by atoms with Crippen LogP contribution in [0, 0.1) is 0 Å². The molecule has 1 rings (SSSR count). The lowest BCUT2D eigenvalue weighted by Crippen LogP contribution is -2.41. The van der Waals surface area contributed by atoms with Crippen molar-refractivity contribution in [1.29, 1.82) is 0 Å². The van der Waals surface area contributed by atoms with Gasteiger partial charge in [0.05, 0.1) is 45.7 Å². The van der Waals surface area contributed by atoms with Crippen LogP contribution in [-0.2, 0) is 18.6 Å². The van der Waals surface area contributed by atoms with Crippen molar-refractivity contribution in [3.05, 3.63) is 0 Å². The zero-order valence-corrected chi connectivity index (χ0v) is 16.8. The summed E-state index contributed by atoms with van der Waals surface area (Å²) in [6, 6.07) is 0. The Hall–Kier alpha value is 0.0169. The molecule has 0 bridgehead atoms. The van der Waals surface area contributed by atoms with Gasteiger partial charge >= 0.3 is 0 Å². The van der Waals surface area contributed by atoms with Crippen LogP contribution >= 0.6 is 0 Å². The van der Waals surface area contributed by atoms with Crippen molar-refractivity contribution in [1.82, 2.24) is 5.32 Å². The topological polar surface area (TPSA) is 49.0 Å². The van der Waals surface area contributed by atoms with E-state index in [9.17, 15) is 0 Å². The van der Waals surface area contributed by atoms with E-state index in [1.54, 1.807) is 0 Å². The molecule has 0 saturated carbocycles. The standard InChI is InChI=1S/C17H37NO4Si/c1-17(2,3)23(4,5)22-15-13-20-11-10-19-12-14-21-16-6-8-18-9-7-16/h16,18H,6-15H2,1-5H3. The van der Waals surface area contributed by atoms with Crippen LogP contribution in [0.15, 0.2) is 0 Å². The molecule has 1 aliphatic heterocycles. The van der Waals surface area contributed by atoms with E-state index in [2.05, 4.69) is 39.2 Å². The van der Waals surface area contributed by atoms with E-state index < -0.39 is 8.32 Å². The molecule has 23 heavy (non-hydrogen) atoms. The number of nitrogens with one attached hydrogen (secondary N) is 1. The molecule has 6 heteroatoms.